The van der Waals surface area contributed by atoms with Crippen molar-refractivity contribution >= 4 is 6.03 Å². The molecule has 66 valence electrons. The van der Waals surface area contributed by atoms with E-state index in [1.807, 2.05) is 4.98 Å². The van der Waals surface area contributed by atoms with E-state index in [1.54, 1.807) is 0 Å². The number of urea groups is 1. The van der Waals surface area contributed by atoms with Crippen molar-refractivity contribution in [1.29, 1.82) is 0 Å². The maximum Gasteiger partial charge on any atom is 0.369 e. The van der Waals surface area contributed by atoms with Crippen LogP contribution in [0.1, 0.15) is 4.11 Å². The third-order valence-electron chi connectivity index (χ3n) is 1.47. The van der Waals surface area contributed by atoms with Crippen molar-refractivity contribution in [3.8, 4) is 0 Å². The molecule has 1 aliphatic rings. The molecule has 2 amide bonds. The minimum Gasteiger partial charge on any atom is -0.290 e. The molecule has 0 aliphatic carbocycles. The van der Waals surface area contributed by atoms with Gasteiger partial charge in [0.05, 0.1) is 0 Å². The van der Waals surface area contributed by atoms with Gasteiger partial charge >= 0.3 is 11.7 Å². The average Bonchev–Trinajstić information content (AvgIpc) is 2.43. The van der Waals surface area contributed by atoms with Crippen molar-refractivity contribution in [3.05, 3.63) is 31.7 Å². The van der Waals surface area contributed by atoms with E-state index in [0.29, 0.717) is 0 Å². The monoisotopic (exact) mass is 183 g/mol. The van der Waals surface area contributed by atoms with Gasteiger partial charge in [-0.1, -0.05) is 0 Å². The number of aromatic amines is 1. The number of hydrogen-bond donors (Lipinski definition) is 1. The molecule has 7 nitrogen and oxygen atoms in total. The number of hydrogen-bond acceptors (Lipinski definition) is 3. The fraction of sp³-hybridized carbons (Fsp3) is 0.167. The zero-order valence-corrected chi connectivity index (χ0v) is 6.07. The number of fused-ring (bicyclic) bond motifs is 1. The fourth-order valence-corrected chi connectivity index (χ4v) is 0.914. The van der Waals surface area contributed by atoms with Crippen LogP contribution in [0.2, 0.25) is 0 Å². The summed E-state index contributed by atoms with van der Waals surface area (Å²) >= 11 is 0. The zero-order valence-electron chi connectivity index (χ0n) is 9.07. The number of H-pyrrole nitrogens is 1. The first kappa shape index (κ1) is 4.85. The van der Waals surface area contributed by atoms with E-state index < -0.39 is 29.6 Å². The first-order valence-electron chi connectivity index (χ1n) is 4.68. The minimum absolute atomic E-state index is 0.0173. The first-order chi connectivity index (χ1) is 7.30. The van der Waals surface area contributed by atoms with Gasteiger partial charge in [0, 0.05) is 11.1 Å². The van der Waals surface area contributed by atoms with Crippen molar-refractivity contribution in [1.82, 2.24) is 9.55 Å². The molecular formula is C6H4N4O3. The number of amides is 2. The van der Waals surface area contributed by atoms with Crippen molar-refractivity contribution in [2.45, 2.75) is 0 Å². The molecule has 0 fully saturated rings. The smallest absolute Gasteiger partial charge is 0.290 e. The lowest BCUT2D eigenvalue weighted by molar-refractivity contribution is 0.256. The molecule has 1 aromatic rings. The van der Waals surface area contributed by atoms with Crippen LogP contribution in [0, 0.1) is 0 Å². The van der Waals surface area contributed by atoms with E-state index in [4.69, 9.17) is 4.11 Å². The van der Waals surface area contributed by atoms with Gasteiger partial charge in [-0.05, 0) is 0 Å². The highest BCUT2D eigenvalue weighted by molar-refractivity contribution is 5.77. The molecule has 0 unspecified atom stereocenters. The van der Waals surface area contributed by atoms with Crippen LogP contribution >= 0.6 is 0 Å². The van der Waals surface area contributed by atoms with Gasteiger partial charge in [-0.3, -0.25) is 14.3 Å². The molecule has 0 bridgehead atoms. The van der Waals surface area contributed by atoms with E-state index >= 15 is 0 Å². The summed E-state index contributed by atoms with van der Waals surface area (Å²) in [4.78, 5) is 42.1. The Morgan fingerprint density at radius 3 is 2.85 bits per heavy atom. The van der Waals surface area contributed by atoms with E-state index in [0.717, 1.165) is 0 Å². The second-order valence-electron chi connectivity index (χ2n) is 2.27. The van der Waals surface area contributed by atoms with E-state index in [2.05, 4.69) is 9.98 Å². The van der Waals surface area contributed by atoms with Crippen molar-refractivity contribution in [2.24, 2.45) is 17.0 Å². The highest BCUT2D eigenvalue weighted by atomic mass is 16.2. The van der Waals surface area contributed by atoms with Gasteiger partial charge in [-0.2, -0.15) is 9.98 Å². The molecule has 2 rings (SSSR count). The summed E-state index contributed by atoms with van der Waals surface area (Å²) in [7, 11) is 0. The first-order valence-corrected chi connectivity index (χ1v) is 3.18. The normalized spacial score (nSPS) is 17.8. The predicted molar refractivity (Wildman–Crippen MR) is 40.0 cm³/mol. The van der Waals surface area contributed by atoms with Crippen LogP contribution in [0.5, 0.6) is 0 Å². The number of nitrogens with zero attached hydrogens (tertiary/aromatic N) is 3. The van der Waals surface area contributed by atoms with E-state index in [1.165, 1.54) is 0 Å². The number of carbonyl (C=O) groups excluding carboxylic acids is 1. The molecule has 7 heteroatoms. The van der Waals surface area contributed by atoms with Crippen LogP contribution in [-0.4, -0.2) is 15.6 Å². The fourth-order valence-electron chi connectivity index (χ4n) is 0.914. The maximum absolute atomic E-state index is 11.6. The van der Waals surface area contributed by atoms with Gasteiger partial charge in [0.15, 0.2) is 10.8 Å². The number of carbonyl (C=O) groups is 1. The number of nitrogens with one attached hydrogen (secondary N) is 1. The summed E-state index contributed by atoms with van der Waals surface area (Å²) in [5.74, 6) is 0. The van der Waals surface area contributed by atoms with Crippen LogP contribution in [0.15, 0.2) is 19.6 Å². The van der Waals surface area contributed by atoms with Crippen LogP contribution in [0.4, 0.5) is 4.79 Å². The third-order valence-corrected chi connectivity index (χ3v) is 1.47. The van der Waals surface area contributed by atoms with Gasteiger partial charge in [-0.25, -0.2) is 9.59 Å². The van der Waals surface area contributed by atoms with Gasteiger partial charge in [0.2, 0.25) is 0 Å². The van der Waals surface area contributed by atoms with E-state index in [9.17, 15) is 14.4 Å². The maximum atomic E-state index is 11.6. The van der Waals surface area contributed by atoms with Gasteiger partial charge in [0.25, 0.3) is 5.56 Å². The van der Waals surface area contributed by atoms with E-state index in [-0.39, 0.29) is 10.1 Å². The lowest BCUT2D eigenvalue weighted by Gasteiger charge is -1.90. The van der Waals surface area contributed by atoms with Crippen LogP contribution in [-0.2, 0) is 6.98 Å². The summed E-state index contributed by atoms with van der Waals surface area (Å²) in [6.07, 6.45) is 0. The Kier molecular flexibility index (Phi) is 0.828. The van der Waals surface area contributed by atoms with Crippen LogP contribution < -0.4 is 22.1 Å². The minimum atomic E-state index is -2.93. The number of rotatable bonds is 0. The summed E-state index contributed by atoms with van der Waals surface area (Å²) < 4.78 is 21.0. The van der Waals surface area contributed by atoms with Crippen molar-refractivity contribution < 1.29 is 8.91 Å². The molecule has 0 atom stereocenters. The zero-order chi connectivity index (χ0) is 12.1. The Bertz CT molecular complexity index is 710. The lowest BCUT2D eigenvalue weighted by atomic mass is 10.6. The quantitative estimate of drug-likeness (QED) is 0.479. The lowest BCUT2D eigenvalue weighted by Crippen LogP contribution is -2.51. The van der Waals surface area contributed by atoms with Gasteiger partial charge < -0.3 is 0 Å². The Hall–Kier alpha value is -2.05. The summed E-state index contributed by atoms with van der Waals surface area (Å²) in [5.41, 5.74) is -2.62. The van der Waals surface area contributed by atoms with Crippen molar-refractivity contribution in [2.75, 3.05) is 0 Å². The molecule has 0 saturated carbocycles. The Morgan fingerprint density at radius 1 is 1.38 bits per heavy atom. The summed E-state index contributed by atoms with van der Waals surface area (Å²) in [6, 6.07) is -0.953. The molecule has 0 spiro atoms. The Morgan fingerprint density at radius 2 is 2.15 bits per heavy atom. The average molecular weight is 183 g/mol. The van der Waals surface area contributed by atoms with Crippen molar-refractivity contribution in [3.63, 3.8) is 0 Å². The molecule has 1 aliphatic heterocycles. The standard InChI is InChI=1S/C6H4N4O3/c1-10-4(11)2-3(9-6(10)13)8-5(12)7-2/h1H3,(H,8,9,12,13)/i1D3. The highest BCUT2D eigenvalue weighted by Gasteiger charge is 2.10. The van der Waals surface area contributed by atoms with Gasteiger partial charge in [0.1, 0.15) is 0 Å². The molecular weight excluding hydrogens is 176 g/mol. The molecule has 1 N–H and O–H groups in total. The molecule has 1 aromatic heterocycles. The number of aromatic nitrogens is 2. The topological polar surface area (TPSA) is 96.6 Å². The highest BCUT2D eigenvalue weighted by Crippen LogP contribution is 1.77. The SMILES string of the molecule is [2H]C([2H])([2H])n1c(=O)[nH]c2c(c1=O)=NC(=O)N=2. The molecule has 0 aromatic carbocycles. The molecule has 2 heterocycles. The molecule has 0 saturated heterocycles. The second kappa shape index (κ2) is 2.22. The van der Waals surface area contributed by atoms with Crippen LogP contribution in [0.25, 0.3) is 0 Å². The Balaban J connectivity index is 3.02. The Labute approximate surface area is 74.3 Å². The molecule has 0 radical (unpaired) electrons. The summed E-state index contributed by atoms with van der Waals surface area (Å²) in [6.45, 7) is -2.93. The largest absolute Gasteiger partial charge is 0.369 e. The third kappa shape index (κ3) is 0.934. The second-order valence-corrected chi connectivity index (χ2v) is 2.27. The van der Waals surface area contributed by atoms with Crippen LogP contribution in [0.3, 0.4) is 0 Å². The van der Waals surface area contributed by atoms with Gasteiger partial charge in [-0.15, -0.1) is 0 Å². The molecule has 13 heavy (non-hydrogen) atoms. The summed E-state index contributed by atoms with van der Waals surface area (Å²) in [5, 5.41) is -0.458. The predicted octanol–water partition coefficient (Wildman–Crippen LogP) is -2.55.